The van der Waals surface area contributed by atoms with Crippen molar-refractivity contribution in [3.63, 3.8) is 0 Å². The molecule has 1 saturated heterocycles. The van der Waals surface area contributed by atoms with Crippen molar-refractivity contribution in [3.8, 4) is 0 Å². The lowest BCUT2D eigenvalue weighted by Gasteiger charge is -2.36. The Morgan fingerprint density at radius 1 is 1.25 bits per heavy atom. The van der Waals surface area contributed by atoms with E-state index in [0.717, 1.165) is 18.4 Å². The average Bonchev–Trinajstić information content (AvgIpc) is 3.11. The number of nitrogen functional groups attached to an aromatic ring is 1. The Hall–Kier alpha value is -2.06. The molecule has 0 spiro atoms. The molecule has 8 N–H and O–H groups in total. The molecule has 0 radical (unpaired) electrons. The third-order valence-electron chi connectivity index (χ3n) is 5.61. The zero-order valence-corrected chi connectivity index (χ0v) is 18.9. The Labute approximate surface area is 181 Å². The molecule has 6 atom stereocenters. The summed E-state index contributed by atoms with van der Waals surface area (Å²) in [5, 5.41) is 29.1. The van der Waals surface area contributed by atoms with Crippen molar-refractivity contribution < 1.29 is 34.0 Å². The summed E-state index contributed by atoms with van der Waals surface area (Å²) >= 11 is 0. The van der Waals surface area contributed by atoms with Crippen LogP contribution in [0, 0.1) is 0 Å². The lowest BCUT2D eigenvalue weighted by atomic mass is 9.93. The molecule has 32 heavy (non-hydrogen) atoms. The molecular weight excluding hydrogens is 449 g/mol. The molecule has 1 aliphatic heterocycles. The van der Waals surface area contributed by atoms with Crippen LogP contribution in [0.5, 0.6) is 0 Å². The number of aliphatic hydroxyl groups excluding tert-OH is 2. The number of fused-ring (bicyclic) bond motifs is 1. The lowest BCUT2D eigenvalue weighted by molar-refractivity contribution is -0.0692. The van der Waals surface area contributed by atoms with Gasteiger partial charge in [-0.2, -0.15) is 4.98 Å². The normalized spacial score (nSPS) is 28.0. The molecule has 14 nitrogen and oxygen atoms in total. The van der Waals surface area contributed by atoms with Crippen molar-refractivity contribution in [3.05, 3.63) is 20.8 Å². The monoisotopic (exact) mass is 477 g/mol. The van der Waals surface area contributed by atoms with Gasteiger partial charge in [0.05, 0.1) is 11.7 Å². The van der Waals surface area contributed by atoms with Crippen LogP contribution in [0.3, 0.4) is 0 Å². The molecule has 0 amide bonds. The smallest absolute Gasteiger partial charge is 0.359 e. The van der Waals surface area contributed by atoms with Crippen molar-refractivity contribution in [2.75, 3.05) is 5.73 Å². The molecule has 0 aromatic carbocycles. The number of nitrogens with two attached hydrogens (primary N) is 1. The number of ether oxygens (including phenoxy) is 1. The van der Waals surface area contributed by atoms with Gasteiger partial charge in [0.2, 0.25) is 5.95 Å². The fourth-order valence-electron chi connectivity index (χ4n) is 3.46. The summed E-state index contributed by atoms with van der Waals surface area (Å²) in [4.78, 5) is 43.1. The number of imidazole rings is 1. The highest BCUT2D eigenvalue weighted by Gasteiger charge is 2.50. The van der Waals surface area contributed by atoms with Gasteiger partial charge < -0.3 is 35.2 Å². The summed E-state index contributed by atoms with van der Waals surface area (Å²) in [6.45, 7) is 5.43. The Kier molecular flexibility index (Phi) is 6.19. The van der Waals surface area contributed by atoms with E-state index < -0.39 is 54.3 Å². The first kappa shape index (κ1) is 24.6. The second kappa shape index (κ2) is 8.06. The summed E-state index contributed by atoms with van der Waals surface area (Å²) in [7, 11) is -4.49. The van der Waals surface area contributed by atoms with Gasteiger partial charge >= 0.3 is 13.3 Å². The number of aromatic nitrogens is 4. The maximum absolute atomic E-state index is 12.5. The van der Waals surface area contributed by atoms with Crippen LogP contribution in [0.15, 0.2) is 9.59 Å². The Morgan fingerprint density at radius 2 is 1.88 bits per heavy atom. The number of nitrogens with zero attached hydrogens (tertiary/aromatic N) is 2. The van der Waals surface area contributed by atoms with Crippen molar-refractivity contribution in [1.29, 1.82) is 0 Å². The second-order valence-electron chi connectivity index (χ2n) is 8.61. The number of nitrogens with one attached hydrogen (secondary N) is 2. The summed E-state index contributed by atoms with van der Waals surface area (Å²) < 4.78 is 24.4. The Morgan fingerprint density at radius 3 is 2.44 bits per heavy atom. The van der Waals surface area contributed by atoms with Gasteiger partial charge in [-0.15, -0.1) is 0 Å². The molecule has 3 heterocycles. The van der Waals surface area contributed by atoms with E-state index in [-0.39, 0.29) is 30.0 Å². The fraction of sp³-hybridized carbons (Fsp3) is 0.706. The highest BCUT2D eigenvalue weighted by atomic mass is 31.2. The predicted octanol–water partition coefficient (Wildman–Crippen LogP) is -0.896. The lowest BCUT2D eigenvalue weighted by Crippen LogP contribution is -2.39. The summed E-state index contributed by atoms with van der Waals surface area (Å²) in [6.07, 6.45) is -5.63. The molecule has 2 aromatic rings. The van der Waals surface area contributed by atoms with E-state index in [9.17, 15) is 34.4 Å². The zero-order valence-electron chi connectivity index (χ0n) is 18.0. The standard InChI is InChI=1S/C17H28N5O9P/c1-5-17(4,31-32(28,29)16(2,3)27)6-7-9(23)10(24)13(30-7)22-11-8(19-15(22)26)12(25)21-14(18)20-11/h7,9-10,13,23-24,27H,5-6H2,1-4H3,(H,19,26)(H,28,29)(H3,18,20,21,25)/t7-,9-,10-,13-,17?/m1/s1. The summed E-state index contributed by atoms with van der Waals surface area (Å²) in [6, 6.07) is 0. The van der Waals surface area contributed by atoms with E-state index in [2.05, 4.69) is 15.0 Å². The van der Waals surface area contributed by atoms with E-state index in [1.807, 2.05) is 0 Å². The van der Waals surface area contributed by atoms with E-state index in [1.54, 1.807) is 6.92 Å². The molecule has 2 aromatic heterocycles. The predicted molar refractivity (Wildman–Crippen MR) is 112 cm³/mol. The second-order valence-corrected chi connectivity index (χ2v) is 10.9. The third-order valence-corrected chi connectivity index (χ3v) is 7.68. The number of aromatic amines is 2. The van der Waals surface area contributed by atoms with Gasteiger partial charge in [0, 0.05) is 6.42 Å². The van der Waals surface area contributed by atoms with Crippen LogP contribution in [-0.4, -0.2) is 69.0 Å². The van der Waals surface area contributed by atoms with Gasteiger partial charge in [0.1, 0.15) is 12.2 Å². The number of anilines is 1. The highest BCUT2D eigenvalue weighted by molar-refractivity contribution is 7.54. The molecule has 0 aliphatic carbocycles. The van der Waals surface area contributed by atoms with Gasteiger partial charge in [0.25, 0.3) is 5.56 Å². The first-order valence-corrected chi connectivity index (χ1v) is 11.5. The average molecular weight is 477 g/mol. The molecule has 180 valence electrons. The molecule has 0 saturated carbocycles. The van der Waals surface area contributed by atoms with Crippen LogP contribution in [0.1, 0.15) is 46.8 Å². The first-order chi connectivity index (χ1) is 14.6. The fourth-order valence-corrected chi connectivity index (χ4v) is 4.48. The first-order valence-electron chi connectivity index (χ1n) is 9.88. The number of H-pyrrole nitrogens is 2. The molecule has 15 heteroatoms. The van der Waals surface area contributed by atoms with Crippen molar-refractivity contribution in [2.24, 2.45) is 0 Å². The third kappa shape index (κ3) is 4.27. The van der Waals surface area contributed by atoms with Crippen LogP contribution in [0.4, 0.5) is 5.95 Å². The molecule has 3 rings (SSSR count). The Bertz CT molecular complexity index is 1170. The molecule has 1 aliphatic rings. The topological polar surface area (TPSA) is 226 Å². The molecule has 1 fully saturated rings. The van der Waals surface area contributed by atoms with Crippen molar-refractivity contribution >= 4 is 24.7 Å². The maximum atomic E-state index is 12.5. The molecule has 0 bridgehead atoms. The van der Waals surface area contributed by atoms with Crippen molar-refractivity contribution in [2.45, 2.75) is 76.0 Å². The van der Waals surface area contributed by atoms with Crippen LogP contribution in [0.25, 0.3) is 11.2 Å². The van der Waals surface area contributed by atoms with E-state index in [1.165, 1.54) is 6.92 Å². The largest absolute Gasteiger partial charge is 0.388 e. The minimum Gasteiger partial charge on any atom is -0.388 e. The van der Waals surface area contributed by atoms with E-state index >= 15 is 0 Å². The van der Waals surface area contributed by atoms with Crippen LogP contribution < -0.4 is 17.0 Å². The number of rotatable bonds is 7. The van der Waals surface area contributed by atoms with Crippen LogP contribution in [-0.2, 0) is 13.8 Å². The van der Waals surface area contributed by atoms with Gasteiger partial charge in [-0.25, -0.2) is 9.36 Å². The van der Waals surface area contributed by atoms with Gasteiger partial charge in [-0.3, -0.25) is 19.3 Å². The van der Waals surface area contributed by atoms with Gasteiger partial charge in [-0.1, -0.05) is 6.92 Å². The minimum atomic E-state index is -4.49. The zero-order chi connectivity index (χ0) is 24.2. The maximum Gasteiger partial charge on any atom is 0.359 e. The van der Waals surface area contributed by atoms with E-state index in [0.29, 0.717) is 0 Å². The SMILES string of the molecule is CCC(C)(C[C@H]1O[C@@H](n2c(=O)[nH]c3c(=O)[nH]c(N)nc32)[C@H](O)[C@@H]1O)OP(=O)(O)C(C)(C)O. The number of hydrogen-bond acceptors (Lipinski definition) is 10. The van der Waals surface area contributed by atoms with Gasteiger partial charge in [-0.05, 0) is 27.2 Å². The number of hydrogen-bond donors (Lipinski definition) is 7. The molecule has 2 unspecified atom stereocenters. The van der Waals surface area contributed by atoms with Crippen LogP contribution in [0.2, 0.25) is 0 Å². The highest BCUT2D eigenvalue weighted by Crippen LogP contribution is 2.57. The minimum absolute atomic E-state index is 0.161. The molecular formula is C17H28N5O9P. The summed E-state index contributed by atoms with van der Waals surface area (Å²) in [5.74, 6) is -0.267. The Balaban J connectivity index is 1.93. The van der Waals surface area contributed by atoms with Gasteiger partial charge in [0.15, 0.2) is 22.7 Å². The van der Waals surface area contributed by atoms with E-state index in [4.69, 9.17) is 15.0 Å². The number of aliphatic hydroxyl groups is 3. The van der Waals surface area contributed by atoms with Crippen LogP contribution >= 0.6 is 7.60 Å². The summed E-state index contributed by atoms with van der Waals surface area (Å²) in [5.41, 5.74) is 2.32. The quantitative estimate of drug-likeness (QED) is 0.242. The van der Waals surface area contributed by atoms with Crippen molar-refractivity contribution in [1.82, 2.24) is 19.5 Å².